The third kappa shape index (κ3) is 6.06. The van der Waals surface area contributed by atoms with Crippen molar-refractivity contribution in [1.82, 2.24) is 9.78 Å². The van der Waals surface area contributed by atoms with Crippen LogP contribution in [0.2, 0.25) is 0 Å². The van der Waals surface area contributed by atoms with E-state index in [9.17, 15) is 4.79 Å². The monoisotopic (exact) mass is 569 g/mol. The largest absolute Gasteiger partial charge is 0.486 e. The first-order valence-corrected chi connectivity index (χ1v) is 13.1. The maximum Gasteiger partial charge on any atom is 0.291 e. The number of anilines is 1. The summed E-state index contributed by atoms with van der Waals surface area (Å²) in [6.07, 6.45) is 3.64. The number of halogens is 1. The summed E-state index contributed by atoms with van der Waals surface area (Å²) in [5.74, 6) is 1.22. The lowest BCUT2D eigenvalue weighted by Crippen LogP contribution is -2.18. The van der Waals surface area contributed by atoms with Gasteiger partial charge in [-0.25, -0.2) is 0 Å². The third-order valence-electron chi connectivity index (χ3n) is 6.47. The SMILES string of the molecule is CC(C)(c1ccccc1)c1ccc(OCc2ccc(C(=O)Nc3cccc(Cn4cc(Br)cn4)c3)o2)cc1. The molecule has 192 valence electrons. The Morgan fingerprint density at radius 3 is 2.47 bits per heavy atom. The fourth-order valence-electron chi connectivity index (χ4n) is 4.27. The van der Waals surface area contributed by atoms with E-state index < -0.39 is 0 Å². The molecule has 0 saturated carbocycles. The summed E-state index contributed by atoms with van der Waals surface area (Å²) in [5.41, 5.74) is 4.05. The lowest BCUT2D eigenvalue weighted by Gasteiger charge is -2.26. The molecule has 0 fully saturated rings. The molecule has 6 nitrogen and oxygen atoms in total. The highest BCUT2D eigenvalue weighted by atomic mass is 79.9. The van der Waals surface area contributed by atoms with Crippen molar-refractivity contribution >= 4 is 27.5 Å². The first-order chi connectivity index (χ1) is 18.4. The van der Waals surface area contributed by atoms with Crippen molar-refractivity contribution in [3.8, 4) is 5.75 Å². The highest BCUT2D eigenvalue weighted by Crippen LogP contribution is 2.32. The molecule has 5 rings (SSSR count). The van der Waals surface area contributed by atoms with E-state index in [-0.39, 0.29) is 23.7 Å². The van der Waals surface area contributed by atoms with Gasteiger partial charge in [0, 0.05) is 17.3 Å². The van der Waals surface area contributed by atoms with E-state index in [1.807, 2.05) is 53.3 Å². The van der Waals surface area contributed by atoms with E-state index >= 15 is 0 Å². The standard InChI is InChI=1S/C31H28BrN3O3/c1-31(2,23-8-4-3-5-9-23)24-11-13-27(14-12-24)37-21-28-15-16-29(38-28)30(36)34-26-10-6-7-22(17-26)19-35-20-25(32)18-33-35/h3-18,20H,19,21H2,1-2H3,(H,34,36). The summed E-state index contributed by atoms with van der Waals surface area (Å²) in [6, 6.07) is 29.6. The van der Waals surface area contributed by atoms with Gasteiger partial charge in [-0.15, -0.1) is 0 Å². The molecular formula is C31H28BrN3O3. The molecule has 0 spiro atoms. The molecule has 0 bridgehead atoms. The van der Waals surface area contributed by atoms with Crippen molar-refractivity contribution < 1.29 is 13.9 Å². The fraction of sp³-hybridized carbons (Fsp3) is 0.161. The van der Waals surface area contributed by atoms with Gasteiger partial charge in [0.2, 0.25) is 0 Å². The van der Waals surface area contributed by atoms with E-state index in [1.165, 1.54) is 11.1 Å². The van der Waals surface area contributed by atoms with Gasteiger partial charge >= 0.3 is 0 Å². The Labute approximate surface area is 230 Å². The van der Waals surface area contributed by atoms with Gasteiger partial charge in [-0.2, -0.15) is 5.10 Å². The van der Waals surface area contributed by atoms with E-state index in [0.717, 1.165) is 15.8 Å². The molecule has 38 heavy (non-hydrogen) atoms. The second kappa shape index (κ2) is 11.1. The Bertz CT molecular complexity index is 1520. The molecule has 7 heteroatoms. The summed E-state index contributed by atoms with van der Waals surface area (Å²) >= 11 is 3.40. The van der Waals surface area contributed by atoms with Crippen molar-refractivity contribution in [1.29, 1.82) is 0 Å². The summed E-state index contributed by atoms with van der Waals surface area (Å²) < 4.78 is 14.4. The van der Waals surface area contributed by atoms with Gasteiger partial charge in [-0.05, 0) is 69.0 Å². The summed E-state index contributed by atoms with van der Waals surface area (Å²) in [4.78, 5) is 12.8. The van der Waals surface area contributed by atoms with E-state index in [4.69, 9.17) is 9.15 Å². The van der Waals surface area contributed by atoms with Gasteiger partial charge in [0.25, 0.3) is 5.91 Å². The zero-order valence-corrected chi connectivity index (χ0v) is 22.8. The Morgan fingerprint density at radius 1 is 0.974 bits per heavy atom. The molecule has 0 aliphatic carbocycles. The second-order valence-electron chi connectivity index (χ2n) is 9.58. The van der Waals surface area contributed by atoms with Crippen molar-refractivity contribution in [2.24, 2.45) is 0 Å². The molecule has 1 amide bonds. The number of hydrogen-bond donors (Lipinski definition) is 1. The number of aromatic nitrogens is 2. The number of carbonyl (C=O) groups excluding carboxylic acids is 1. The van der Waals surface area contributed by atoms with Crippen LogP contribution in [-0.2, 0) is 18.6 Å². The molecule has 1 N–H and O–H groups in total. The summed E-state index contributed by atoms with van der Waals surface area (Å²) in [6.45, 7) is 5.25. The van der Waals surface area contributed by atoms with Crippen molar-refractivity contribution in [3.63, 3.8) is 0 Å². The number of carbonyl (C=O) groups is 1. The van der Waals surface area contributed by atoms with Gasteiger partial charge in [-0.3, -0.25) is 9.48 Å². The Balaban J connectivity index is 1.17. The van der Waals surface area contributed by atoms with Crippen LogP contribution in [0.4, 0.5) is 5.69 Å². The zero-order valence-electron chi connectivity index (χ0n) is 21.2. The van der Waals surface area contributed by atoms with Gasteiger partial charge in [-0.1, -0.05) is 68.4 Å². The Hall–Kier alpha value is -4.10. The molecule has 0 unspecified atom stereocenters. The van der Waals surface area contributed by atoms with Crippen LogP contribution in [0.25, 0.3) is 0 Å². The molecule has 0 aliphatic heterocycles. The van der Waals surface area contributed by atoms with Gasteiger partial charge in [0.05, 0.1) is 17.2 Å². The molecule has 0 saturated heterocycles. The number of ether oxygens (including phenoxy) is 1. The highest BCUT2D eigenvalue weighted by Gasteiger charge is 2.22. The van der Waals surface area contributed by atoms with Crippen LogP contribution in [0.5, 0.6) is 5.75 Å². The minimum atomic E-state index is -0.317. The van der Waals surface area contributed by atoms with Crippen LogP contribution < -0.4 is 10.1 Å². The lowest BCUT2D eigenvalue weighted by atomic mass is 9.78. The number of nitrogens with one attached hydrogen (secondary N) is 1. The van der Waals surface area contributed by atoms with Crippen LogP contribution >= 0.6 is 15.9 Å². The van der Waals surface area contributed by atoms with Crippen LogP contribution in [0.15, 0.2) is 112 Å². The van der Waals surface area contributed by atoms with Crippen molar-refractivity contribution in [3.05, 3.63) is 136 Å². The normalized spacial score (nSPS) is 11.3. The van der Waals surface area contributed by atoms with E-state index in [0.29, 0.717) is 18.0 Å². The van der Waals surface area contributed by atoms with Crippen LogP contribution in [-0.4, -0.2) is 15.7 Å². The summed E-state index contributed by atoms with van der Waals surface area (Å²) in [5, 5.41) is 7.17. The number of nitrogens with zero attached hydrogens (tertiary/aromatic N) is 2. The fourth-order valence-corrected chi connectivity index (χ4v) is 4.60. The summed E-state index contributed by atoms with van der Waals surface area (Å²) in [7, 11) is 0. The molecule has 5 aromatic rings. The first kappa shape index (κ1) is 25.5. The zero-order chi connectivity index (χ0) is 26.5. The lowest BCUT2D eigenvalue weighted by molar-refractivity contribution is 0.0992. The maximum absolute atomic E-state index is 12.8. The predicted octanol–water partition coefficient (Wildman–Crippen LogP) is 7.44. The van der Waals surface area contributed by atoms with Gasteiger partial charge in [0.1, 0.15) is 18.1 Å². The number of rotatable bonds is 9. The molecule has 0 aliphatic rings. The second-order valence-corrected chi connectivity index (χ2v) is 10.5. The number of hydrogen-bond acceptors (Lipinski definition) is 4. The number of amides is 1. The van der Waals surface area contributed by atoms with Crippen molar-refractivity contribution in [2.45, 2.75) is 32.4 Å². The number of benzene rings is 3. The minimum Gasteiger partial charge on any atom is -0.486 e. The molecule has 2 aromatic heterocycles. The number of furan rings is 1. The van der Waals surface area contributed by atoms with Crippen LogP contribution in [0.1, 0.15) is 46.9 Å². The average Bonchev–Trinajstić information content (AvgIpc) is 3.57. The Morgan fingerprint density at radius 2 is 1.74 bits per heavy atom. The van der Waals surface area contributed by atoms with Gasteiger partial charge < -0.3 is 14.5 Å². The van der Waals surface area contributed by atoms with E-state index in [2.05, 4.69) is 76.6 Å². The smallest absolute Gasteiger partial charge is 0.291 e. The predicted molar refractivity (Wildman–Crippen MR) is 151 cm³/mol. The third-order valence-corrected chi connectivity index (χ3v) is 6.88. The molecule has 0 radical (unpaired) electrons. The van der Waals surface area contributed by atoms with Crippen molar-refractivity contribution in [2.75, 3.05) is 5.32 Å². The van der Waals surface area contributed by atoms with Crippen LogP contribution in [0, 0.1) is 0 Å². The minimum absolute atomic E-state index is 0.112. The van der Waals surface area contributed by atoms with Gasteiger partial charge in [0.15, 0.2) is 5.76 Å². The highest BCUT2D eigenvalue weighted by molar-refractivity contribution is 9.10. The quantitative estimate of drug-likeness (QED) is 0.200. The molecule has 3 aromatic carbocycles. The van der Waals surface area contributed by atoms with E-state index in [1.54, 1.807) is 18.3 Å². The first-order valence-electron chi connectivity index (χ1n) is 12.3. The maximum atomic E-state index is 12.8. The van der Waals surface area contributed by atoms with Crippen LogP contribution in [0.3, 0.4) is 0 Å². The molecule has 0 atom stereocenters. The Kier molecular flexibility index (Phi) is 7.47. The molecule has 2 heterocycles. The topological polar surface area (TPSA) is 69.3 Å². The molecular weight excluding hydrogens is 542 g/mol. The average molecular weight is 570 g/mol.